The number of ether oxygens (including phenoxy) is 1. The van der Waals surface area contributed by atoms with Crippen molar-refractivity contribution in [1.82, 2.24) is 10.2 Å². The number of rotatable bonds is 10. The number of amides is 1. The first kappa shape index (κ1) is 23.6. The molecule has 0 bridgehead atoms. The lowest BCUT2D eigenvalue weighted by Gasteiger charge is -2.03. The monoisotopic (exact) mass is 467 g/mol. The van der Waals surface area contributed by atoms with Gasteiger partial charge in [0.05, 0.1) is 23.7 Å². The van der Waals surface area contributed by atoms with Gasteiger partial charge in [-0.25, -0.2) is 0 Å². The van der Waals surface area contributed by atoms with Gasteiger partial charge < -0.3 is 9.15 Å². The summed E-state index contributed by atoms with van der Waals surface area (Å²) in [6.07, 6.45) is 5.23. The molecule has 0 aliphatic heterocycles. The van der Waals surface area contributed by atoms with Crippen molar-refractivity contribution in [2.24, 2.45) is 0 Å². The van der Waals surface area contributed by atoms with Gasteiger partial charge in [-0.2, -0.15) is 5.26 Å². The van der Waals surface area contributed by atoms with Gasteiger partial charge in [-0.3, -0.25) is 20.2 Å². The molecule has 0 aliphatic rings. The second kappa shape index (κ2) is 11.0. The fourth-order valence-electron chi connectivity index (χ4n) is 2.96. The van der Waals surface area contributed by atoms with Gasteiger partial charge in [0.1, 0.15) is 33.9 Å². The van der Waals surface area contributed by atoms with E-state index in [0.29, 0.717) is 10.9 Å². The van der Waals surface area contributed by atoms with E-state index in [-0.39, 0.29) is 28.3 Å². The number of benzene rings is 1. The van der Waals surface area contributed by atoms with Crippen LogP contribution in [0.5, 0.6) is 5.75 Å². The molecule has 0 saturated carbocycles. The Bertz CT molecular complexity index is 1220. The number of unbranched alkanes of at least 4 members (excludes halogenated alkanes) is 2. The molecule has 0 fully saturated rings. The number of anilines is 1. The summed E-state index contributed by atoms with van der Waals surface area (Å²) in [5.74, 6) is 0.0985. The molecule has 2 heterocycles. The molecular weight excluding hydrogens is 446 g/mol. The standard InChI is InChI=1S/C22H21N5O5S/c1-3-4-5-6-20-25-26-22(33-20)24-21(28)14(13-23)11-16-8-10-19(32-16)17-9-7-15(31-2)12-18(17)27(29)30/h7-12H,3-6H2,1-2H3,(H,24,26,28). The second-order valence-electron chi connectivity index (χ2n) is 6.92. The number of aromatic nitrogens is 2. The highest BCUT2D eigenvalue weighted by Crippen LogP contribution is 2.34. The maximum Gasteiger partial charge on any atom is 0.284 e. The van der Waals surface area contributed by atoms with Crippen LogP contribution in [0.15, 0.2) is 40.3 Å². The molecule has 1 N–H and O–H groups in total. The summed E-state index contributed by atoms with van der Waals surface area (Å²) in [6, 6.07) is 9.26. The van der Waals surface area contributed by atoms with Crippen LogP contribution >= 0.6 is 11.3 Å². The molecule has 0 unspecified atom stereocenters. The van der Waals surface area contributed by atoms with Gasteiger partial charge in [0.25, 0.3) is 11.6 Å². The quantitative estimate of drug-likeness (QED) is 0.144. The Morgan fingerprint density at radius 1 is 1.33 bits per heavy atom. The van der Waals surface area contributed by atoms with Crippen molar-refractivity contribution in [3.8, 4) is 23.1 Å². The second-order valence-corrected chi connectivity index (χ2v) is 7.99. The number of furan rings is 1. The van der Waals surface area contributed by atoms with Crippen molar-refractivity contribution in [3.05, 3.63) is 56.8 Å². The number of carbonyl (C=O) groups excluding carboxylic acids is 1. The number of carbonyl (C=O) groups is 1. The third-order valence-corrected chi connectivity index (χ3v) is 5.53. The minimum absolute atomic E-state index is 0.191. The SMILES string of the molecule is CCCCCc1nnc(NC(=O)C(C#N)=Cc2ccc(-c3ccc(OC)cc3[N+](=O)[O-])o2)s1. The summed E-state index contributed by atoms with van der Waals surface area (Å²) in [6.45, 7) is 2.11. The van der Waals surface area contributed by atoms with Crippen molar-refractivity contribution in [2.45, 2.75) is 32.6 Å². The van der Waals surface area contributed by atoms with Crippen LogP contribution < -0.4 is 10.1 Å². The average molecular weight is 468 g/mol. The Hall–Kier alpha value is -4.04. The Morgan fingerprint density at radius 2 is 2.15 bits per heavy atom. The Labute approximate surface area is 193 Å². The zero-order valence-corrected chi connectivity index (χ0v) is 18.8. The first-order valence-electron chi connectivity index (χ1n) is 10.1. The van der Waals surface area contributed by atoms with E-state index in [1.165, 1.54) is 48.8 Å². The maximum absolute atomic E-state index is 12.5. The van der Waals surface area contributed by atoms with Crippen LogP contribution in [0.25, 0.3) is 17.4 Å². The van der Waals surface area contributed by atoms with Gasteiger partial charge in [0.15, 0.2) is 0 Å². The van der Waals surface area contributed by atoms with Crippen LogP contribution in [0.1, 0.15) is 37.0 Å². The number of nitrogens with one attached hydrogen (secondary N) is 1. The number of nitriles is 1. The van der Waals surface area contributed by atoms with E-state index in [2.05, 4.69) is 22.4 Å². The van der Waals surface area contributed by atoms with Crippen LogP contribution in [0.2, 0.25) is 0 Å². The lowest BCUT2D eigenvalue weighted by molar-refractivity contribution is -0.384. The number of hydrogen-bond donors (Lipinski definition) is 1. The topological polar surface area (TPSA) is 144 Å². The van der Waals surface area contributed by atoms with Crippen molar-refractivity contribution >= 4 is 34.1 Å². The summed E-state index contributed by atoms with van der Waals surface area (Å²) in [4.78, 5) is 23.4. The molecule has 33 heavy (non-hydrogen) atoms. The van der Waals surface area contributed by atoms with Crippen molar-refractivity contribution in [3.63, 3.8) is 0 Å². The average Bonchev–Trinajstić information content (AvgIpc) is 3.46. The van der Waals surface area contributed by atoms with Gasteiger partial charge in [0, 0.05) is 12.5 Å². The molecule has 0 atom stereocenters. The predicted octanol–water partition coefficient (Wildman–Crippen LogP) is 4.99. The van der Waals surface area contributed by atoms with E-state index >= 15 is 0 Å². The fraction of sp³-hybridized carbons (Fsp3) is 0.273. The molecule has 0 aliphatic carbocycles. The predicted molar refractivity (Wildman–Crippen MR) is 123 cm³/mol. The molecule has 11 heteroatoms. The van der Waals surface area contributed by atoms with Gasteiger partial charge in [-0.05, 0) is 30.7 Å². The number of nitro groups is 1. The highest BCUT2D eigenvalue weighted by molar-refractivity contribution is 7.15. The van der Waals surface area contributed by atoms with E-state index in [1.807, 2.05) is 6.07 Å². The summed E-state index contributed by atoms with van der Waals surface area (Å²) in [5.41, 5.74) is -0.153. The van der Waals surface area contributed by atoms with Crippen LogP contribution in [0, 0.1) is 21.4 Å². The van der Waals surface area contributed by atoms with Crippen LogP contribution in [0.4, 0.5) is 10.8 Å². The van der Waals surface area contributed by atoms with Crippen LogP contribution in [0.3, 0.4) is 0 Å². The van der Waals surface area contributed by atoms with E-state index in [1.54, 1.807) is 6.07 Å². The Kier molecular flexibility index (Phi) is 7.88. The van der Waals surface area contributed by atoms with Crippen LogP contribution in [-0.4, -0.2) is 28.1 Å². The summed E-state index contributed by atoms with van der Waals surface area (Å²) >= 11 is 1.27. The minimum atomic E-state index is -0.651. The third-order valence-electron chi connectivity index (χ3n) is 4.63. The lowest BCUT2D eigenvalue weighted by atomic mass is 10.1. The van der Waals surface area contributed by atoms with Crippen LogP contribution in [-0.2, 0) is 11.2 Å². The molecule has 3 rings (SSSR count). The molecule has 0 saturated heterocycles. The molecule has 2 aromatic heterocycles. The third kappa shape index (κ3) is 6.02. The molecule has 1 amide bonds. The molecule has 0 spiro atoms. The molecular formula is C22H21N5O5S. The molecule has 3 aromatic rings. The zero-order valence-electron chi connectivity index (χ0n) is 18.0. The number of methoxy groups -OCH3 is 1. The number of nitrogens with zero attached hydrogens (tertiary/aromatic N) is 4. The van der Waals surface area contributed by atoms with Crippen molar-refractivity contribution < 1.29 is 18.9 Å². The Balaban J connectivity index is 1.76. The first-order chi connectivity index (χ1) is 15.9. The number of hydrogen-bond acceptors (Lipinski definition) is 9. The fourth-order valence-corrected chi connectivity index (χ4v) is 3.74. The lowest BCUT2D eigenvalue weighted by Crippen LogP contribution is -2.13. The summed E-state index contributed by atoms with van der Waals surface area (Å²) in [5, 5.41) is 32.5. The molecule has 0 radical (unpaired) electrons. The molecule has 10 nitrogen and oxygen atoms in total. The smallest absolute Gasteiger partial charge is 0.284 e. The summed E-state index contributed by atoms with van der Waals surface area (Å²) in [7, 11) is 1.41. The van der Waals surface area contributed by atoms with Gasteiger partial charge in [0.2, 0.25) is 5.13 Å². The van der Waals surface area contributed by atoms with Gasteiger partial charge in [-0.1, -0.05) is 31.1 Å². The normalized spacial score (nSPS) is 11.1. The van der Waals surface area contributed by atoms with Gasteiger partial charge in [-0.15, -0.1) is 10.2 Å². The number of aryl methyl sites for hydroxylation is 1. The maximum atomic E-state index is 12.5. The highest BCUT2D eigenvalue weighted by atomic mass is 32.1. The Morgan fingerprint density at radius 3 is 2.85 bits per heavy atom. The largest absolute Gasteiger partial charge is 0.497 e. The van der Waals surface area contributed by atoms with E-state index in [4.69, 9.17) is 9.15 Å². The van der Waals surface area contributed by atoms with Crippen molar-refractivity contribution in [1.29, 1.82) is 5.26 Å². The number of nitro benzene ring substituents is 1. The van der Waals surface area contributed by atoms with E-state index < -0.39 is 10.8 Å². The minimum Gasteiger partial charge on any atom is -0.497 e. The highest BCUT2D eigenvalue weighted by Gasteiger charge is 2.20. The van der Waals surface area contributed by atoms with E-state index in [0.717, 1.165) is 30.7 Å². The zero-order chi connectivity index (χ0) is 23.8. The van der Waals surface area contributed by atoms with Gasteiger partial charge >= 0.3 is 0 Å². The molecule has 170 valence electrons. The first-order valence-corrected chi connectivity index (χ1v) is 10.9. The van der Waals surface area contributed by atoms with E-state index in [9.17, 15) is 20.2 Å². The van der Waals surface area contributed by atoms with Crippen molar-refractivity contribution in [2.75, 3.05) is 12.4 Å². The molecule has 1 aromatic carbocycles. The summed E-state index contributed by atoms with van der Waals surface area (Å²) < 4.78 is 10.7.